The molecule has 1 aromatic heterocycles. The largest absolute Gasteiger partial charge is 0.447 e. The van der Waals surface area contributed by atoms with Gasteiger partial charge in [0.05, 0.1) is 27.8 Å². The fourth-order valence-corrected chi connectivity index (χ4v) is 7.51. The summed E-state index contributed by atoms with van der Waals surface area (Å²) in [5.41, 5.74) is 2.57. The zero-order valence-corrected chi connectivity index (χ0v) is 26.2. The van der Waals surface area contributed by atoms with Crippen LogP contribution in [0.2, 0.25) is 10.0 Å². The number of rotatable bonds is 9. The van der Waals surface area contributed by atoms with Gasteiger partial charge in [0.25, 0.3) is 0 Å². The molecule has 5 rings (SSSR count). The molecule has 0 saturated carbocycles. The molecule has 2 fully saturated rings. The van der Waals surface area contributed by atoms with E-state index < -0.39 is 34.0 Å². The van der Waals surface area contributed by atoms with E-state index in [0.717, 1.165) is 21.6 Å². The first-order valence-corrected chi connectivity index (χ1v) is 16.4. The van der Waals surface area contributed by atoms with Gasteiger partial charge in [0.2, 0.25) is 21.9 Å². The van der Waals surface area contributed by atoms with E-state index in [9.17, 15) is 18.0 Å². The Morgan fingerprint density at radius 2 is 1.65 bits per heavy atom. The minimum atomic E-state index is -3.81. The van der Waals surface area contributed by atoms with Crippen LogP contribution in [0.5, 0.6) is 0 Å². The number of anilines is 1. The SMILES string of the molecule is CC(C)C(CS(=O)(=O)N1CCN(c2ncc(-c3ccc(Cl)c(Cl)c3)cn2)CC1)C(=O)N1C(=O)OCC1Cc1ccccc1. The molecule has 228 valence electrons. The van der Waals surface area contributed by atoms with E-state index in [1.54, 1.807) is 38.4 Å². The number of hydrogen-bond donors (Lipinski definition) is 0. The lowest BCUT2D eigenvalue weighted by atomic mass is 9.95. The molecule has 0 N–H and O–H groups in total. The van der Waals surface area contributed by atoms with Crippen LogP contribution in [0.3, 0.4) is 0 Å². The lowest BCUT2D eigenvalue weighted by Crippen LogP contribution is -2.52. The number of halogens is 2. The summed E-state index contributed by atoms with van der Waals surface area (Å²) < 4.78 is 33.7. The highest BCUT2D eigenvalue weighted by atomic mass is 35.5. The van der Waals surface area contributed by atoms with Crippen LogP contribution < -0.4 is 4.90 Å². The maximum Gasteiger partial charge on any atom is 0.416 e. The van der Waals surface area contributed by atoms with Gasteiger partial charge in [0.1, 0.15) is 6.61 Å². The number of ether oxygens (including phenoxy) is 1. The highest BCUT2D eigenvalue weighted by Crippen LogP contribution is 2.29. The van der Waals surface area contributed by atoms with Gasteiger partial charge in [-0.25, -0.2) is 28.1 Å². The standard InChI is InChI=1S/C30H33Cl2N5O5S/c1-20(2)25(28(38)37-24(18-42-30(37)39)14-21-6-4-3-5-7-21)19-43(40,41)36-12-10-35(11-13-36)29-33-16-23(17-34-29)22-8-9-26(31)27(32)15-22/h3-9,15-17,20,24-25H,10-14,18-19H2,1-2H3. The van der Waals surface area contributed by atoms with Gasteiger partial charge < -0.3 is 9.64 Å². The van der Waals surface area contributed by atoms with Crippen LogP contribution in [0, 0.1) is 11.8 Å². The van der Waals surface area contributed by atoms with Gasteiger partial charge >= 0.3 is 6.09 Å². The van der Waals surface area contributed by atoms with Gasteiger partial charge in [-0.2, -0.15) is 4.31 Å². The second-order valence-electron chi connectivity index (χ2n) is 11.0. The number of cyclic esters (lactones) is 1. The molecule has 0 bridgehead atoms. The molecule has 2 atom stereocenters. The van der Waals surface area contributed by atoms with Crippen molar-refractivity contribution in [3.63, 3.8) is 0 Å². The van der Waals surface area contributed by atoms with Crippen LogP contribution in [-0.4, -0.2) is 84.2 Å². The Morgan fingerprint density at radius 3 is 2.28 bits per heavy atom. The van der Waals surface area contributed by atoms with E-state index in [1.165, 1.54) is 4.31 Å². The summed E-state index contributed by atoms with van der Waals surface area (Å²) in [5.74, 6) is -1.62. The molecule has 0 spiro atoms. The average Bonchev–Trinajstić information content (AvgIpc) is 3.37. The number of carbonyl (C=O) groups excluding carboxylic acids is 2. The number of benzene rings is 2. The molecule has 0 aliphatic carbocycles. The van der Waals surface area contributed by atoms with Crippen LogP contribution in [-0.2, 0) is 26.0 Å². The van der Waals surface area contributed by atoms with Crippen molar-refractivity contribution in [2.75, 3.05) is 43.4 Å². The quantitative estimate of drug-likeness (QED) is 0.327. The van der Waals surface area contributed by atoms with Gasteiger partial charge in [-0.15, -0.1) is 0 Å². The summed E-state index contributed by atoms with van der Waals surface area (Å²) in [5, 5.41) is 0.903. The second kappa shape index (κ2) is 13.2. The zero-order valence-electron chi connectivity index (χ0n) is 23.9. The minimum Gasteiger partial charge on any atom is -0.447 e. The zero-order chi connectivity index (χ0) is 30.7. The van der Waals surface area contributed by atoms with Crippen molar-refractivity contribution < 1.29 is 22.7 Å². The van der Waals surface area contributed by atoms with Crippen molar-refractivity contribution in [3.05, 3.63) is 76.5 Å². The summed E-state index contributed by atoms with van der Waals surface area (Å²) in [4.78, 5) is 38.3. The van der Waals surface area contributed by atoms with Gasteiger partial charge in [-0.3, -0.25) is 4.79 Å². The van der Waals surface area contributed by atoms with Crippen molar-refractivity contribution in [3.8, 4) is 11.1 Å². The molecular formula is C30H33Cl2N5O5S. The lowest BCUT2D eigenvalue weighted by molar-refractivity contribution is -0.134. The van der Waals surface area contributed by atoms with Crippen molar-refractivity contribution in [1.29, 1.82) is 0 Å². The first-order chi connectivity index (χ1) is 20.5. The average molecular weight is 647 g/mol. The Hall–Kier alpha value is -3.25. The lowest BCUT2D eigenvalue weighted by Gasteiger charge is -2.35. The maximum atomic E-state index is 13.7. The van der Waals surface area contributed by atoms with Gasteiger partial charge in [-0.1, -0.05) is 73.4 Å². The van der Waals surface area contributed by atoms with Crippen LogP contribution >= 0.6 is 23.2 Å². The summed E-state index contributed by atoms with van der Waals surface area (Å²) in [6, 6.07) is 14.3. The van der Waals surface area contributed by atoms with Crippen LogP contribution in [0.4, 0.5) is 10.7 Å². The number of aromatic nitrogens is 2. The third kappa shape index (κ3) is 7.12. The van der Waals surface area contributed by atoms with Crippen molar-refractivity contribution in [2.45, 2.75) is 26.3 Å². The fraction of sp³-hybridized carbons (Fsp3) is 0.400. The molecule has 2 unspecified atom stereocenters. The monoisotopic (exact) mass is 645 g/mol. The van der Waals surface area contributed by atoms with E-state index in [2.05, 4.69) is 9.97 Å². The Balaban J connectivity index is 1.22. The molecule has 13 heteroatoms. The molecule has 2 aromatic carbocycles. The molecule has 2 saturated heterocycles. The number of piperazine rings is 1. The van der Waals surface area contributed by atoms with Crippen molar-refractivity contribution in [1.82, 2.24) is 19.2 Å². The Labute approximate surface area is 261 Å². The molecule has 10 nitrogen and oxygen atoms in total. The Kier molecular flexibility index (Phi) is 9.55. The molecule has 2 amide bonds. The molecule has 3 heterocycles. The van der Waals surface area contributed by atoms with E-state index in [1.807, 2.05) is 41.3 Å². The van der Waals surface area contributed by atoms with Gasteiger partial charge in [0, 0.05) is 44.1 Å². The predicted octanol–water partition coefficient (Wildman–Crippen LogP) is 4.76. The minimum absolute atomic E-state index is 0.0789. The highest BCUT2D eigenvalue weighted by Gasteiger charge is 2.43. The molecule has 2 aliphatic heterocycles. The maximum absolute atomic E-state index is 13.7. The van der Waals surface area contributed by atoms with Crippen LogP contribution in [0.15, 0.2) is 60.9 Å². The number of nitrogens with zero attached hydrogens (tertiary/aromatic N) is 5. The van der Waals surface area contributed by atoms with Crippen molar-refractivity contribution >= 4 is 51.2 Å². The predicted molar refractivity (Wildman–Crippen MR) is 166 cm³/mol. The third-order valence-electron chi connectivity index (χ3n) is 7.83. The fourth-order valence-electron chi connectivity index (χ4n) is 5.30. The molecule has 2 aliphatic rings. The van der Waals surface area contributed by atoms with Crippen molar-refractivity contribution in [2.24, 2.45) is 11.8 Å². The van der Waals surface area contributed by atoms with E-state index in [0.29, 0.717) is 35.5 Å². The second-order valence-corrected chi connectivity index (χ2v) is 13.9. The Bertz CT molecular complexity index is 1570. The first kappa shape index (κ1) is 31.2. The third-order valence-corrected chi connectivity index (χ3v) is 10.5. The molecule has 43 heavy (non-hydrogen) atoms. The van der Waals surface area contributed by atoms with Gasteiger partial charge in [-0.05, 0) is 35.6 Å². The summed E-state index contributed by atoms with van der Waals surface area (Å²) in [7, 11) is -3.81. The molecule has 3 aromatic rings. The van der Waals surface area contributed by atoms with Gasteiger partial charge in [0.15, 0.2) is 0 Å². The number of hydrogen-bond acceptors (Lipinski definition) is 8. The van der Waals surface area contributed by atoms with Crippen LogP contribution in [0.1, 0.15) is 19.4 Å². The smallest absolute Gasteiger partial charge is 0.416 e. The van der Waals surface area contributed by atoms with E-state index in [-0.39, 0.29) is 31.4 Å². The number of imide groups is 1. The van der Waals surface area contributed by atoms with E-state index >= 15 is 0 Å². The highest BCUT2D eigenvalue weighted by molar-refractivity contribution is 7.89. The van der Waals surface area contributed by atoms with Crippen LogP contribution in [0.25, 0.3) is 11.1 Å². The number of carbonyl (C=O) groups is 2. The number of sulfonamides is 1. The molecular weight excluding hydrogens is 613 g/mol. The Morgan fingerprint density at radius 1 is 0.977 bits per heavy atom. The number of amides is 2. The summed E-state index contributed by atoms with van der Waals surface area (Å²) >= 11 is 12.1. The topological polar surface area (TPSA) is 113 Å². The molecule has 0 radical (unpaired) electrons. The summed E-state index contributed by atoms with van der Waals surface area (Å²) in [6.45, 7) is 4.90. The summed E-state index contributed by atoms with van der Waals surface area (Å²) in [6.07, 6.45) is 3.10. The normalized spacial score (nSPS) is 18.6. The first-order valence-electron chi connectivity index (χ1n) is 14.1. The van der Waals surface area contributed by atoms with E-state index in [4.69, 9.17) is 27.9 Å².